The van der Waals surface area contributed by atoms with Gasteiger partial charge in [0.15, 0.2) is 0 Å². The zero-order valence-corrected chi connectivity index (χ0v) is 13.3. The predicted octanol–water partition coefficient (Wildman–Crippen LogP) is 4.44. The molecule has 2 nitrogen and oxygen atoms in total. The number of allylic oxidation sites excluding steroid dienone is 2. The summed E-state index contributed by atoms with van der Waals surface area (Å²) in [6.07, 6.45) is 5.21. The minimum absolute atomic E-state index is 0.313. The molecule has 1 heterocycles. The molecule has 0 aliphatic carbocycles. The molecule has 2 heteroatoms. The lowest BCUT2D eigenvalue weighted by Crippen LogP contribution is -2.26. The molecule has 0 N–H and O–H groups in total. The molecule has 1 aliphatic heterocycles. The van der Waals surface area contributed by atoms with Gasteiger partial charge in [0, 0.05) is 19.5 Å². The Balaban J connectivity index is 0.000000204. The van der Waals surface area contributed by atoms with Crippen molar-refractivity contribution in [2.45, 2.75) is 47.0 Å². The van der Waals surface area contributed by atoms with Crippen LogP contribution in [0.15, 0.2) is 30.3 Å². The lowest BCUT2D eigenvalue weighted by Gasteiger charge is -2.12. The Morgan fingerprint density at radius 3 is 2.35 bits per heavy atom. The lowest BCUT2D eigenvalue weighted by atomic mass is 10.0. The van der Waals surface area contributed by atoms with E-state index in [1.54, 1.807) is 0 Å². The third-order valence-electron chi connectivity index (χ3n) is 3.76. The molecule has 1 fully saturated rings. The van der Waals surface area contributed by atoms with Crippen LogP contribution in [0.2, 0.25) is 0 Å². The average Bonchev–Trinajstić information content (AvgIpc) is 3.01. The molecule has 1 aromatic carbocycles. The Kier molecular flexibility index (Phi) is 7.06. The van der Waals surface area contributed by atoms with Gasteiger partial charge in [0.05, 0.1) is 0 Å². The Morgan fingerprint density at radius 2 is 1.85 bits per heavy atom. The maximum atomic E-state index is 10.9. The first-order valence-electron chi connectivity index (χ1n) is 7.56. The van der Waals surface area contributed by atoms with Crippen LogP contribution in [-0.4, -0.2) is 23.9 Å². The van der Waals surface area contributed by atoms with Crippen molar-refractivity contribution < 1.29 is 4.79 Å². The number of benzene rings is 1. The summed E-state index contributed by atoms with van der Waals surface area (Å²) in [5.41, 5.74) is 4.06. The van der Waals surface area contributed by atoms with Crippen LogP contribution in [-0.2, 0) is 4.79 Å². The summed E-state index contributed by atoms with van der Waals surface area (Å²) in [5.74, 6) is 0.313. The van der Waals surface area contributed by atoms with Crippen molar-refractivity contribution in [2.24, 2.45) is 0 Å². The molecule has 110 valence electrons. The molecule has 0 spiro atoms. The van der Waals surface area contributed by atoms with E-state index >= 15 is 0 Å². The molecule has 1 aromatic rings. The summed E-state index contributed by atoms with van der Waals surface area (Å²) >= 11 is 0. The Labute approximate surface area is 123 Å². The Hall–Kier alpha value is -1.57. The van der Waals surface area contributed by atoms with Crippen molar-refractivity contribution >= 4 is 11.5 Å². The number of hydrogen-bond donors (Lipinski definition) is 0. The van der Waals surface area contributed by atoms with Crippen molar-refractivity contribution in [3.8, 4) is 0 Å². The van der Waals surface area contributed by atoms with Gasteiger partial charge >= 0.3 is 0 Å². The van der Waals surface area contributed by atoms with E-state index in [2.05, 4.69) is 51.1 Å². The normalized spacial score (nSPS) is 14.8. The number of rotatable bonds is 2. The number of carbonyl (C=O) groups excluding carboxylic acids is 1. The molecule has 1 saturated heterocycles. The molecule has 0 unspecified atom stereocenters. The third-order valence-corrected chi connectivity index (χ3v) is 3.76. The van der Waals surface area contributed by atoms with Gasteiger partial charge in [0.25, 0.3) is 0 Å². The fourth-order valence-corrected chi connectivity index (χ4v) is 2.36. The molecule has 20 heavy (non-hydrogen) atoms. The maximum absolute atomic E-state index is 10.9. The molecule has 0 bridgehead atoms. The summed E-state index contributed by atoms with van der Waals surface area (Å²) in [7, 11) is 0. The van der Waals surface area contributed by atoms with E-state index in [0.29, 0.717) is 12.3 Å². The fraction of sp³-hybridized carbons (Fsp3) is 0.500. The molecule has 1 amide bonds. The maximum Gasteiger partial charge on any atom is 0.222 e. The Bertz CT molecular complexity index is 456. The minimum atomic E-state index is 0.313. The quantitative estimate of drug-likeness (QED) is 0.780. The number of nitrogens with zero attached hydrogens (tertiary/aromatic N) is 1. The highest BCUT2D eigenvalue weighted by Gasteiger charge is 2.14. The molecule has 0 aromatic heterocycles. The Morgan fingerprint density at radius 1 is 1.25 bits per heavy atom. The van der Waals surface area contributed by atoms with Crippen LogP contribution in [0.1, 0.15) is 51.2 Å². The van der Waals surface area contributed by atoms with Crippen LogP contribution >= 0.6 is 0 Å². The summed E-state index contributed by atoms with van der Waals surface area (Å²) < 4.78 is 0. The SMILES string of the molecule is C/C=C(/C)c1ccccc1C.CCC(=O)N1CCCC1. The van der Waals surface area contributed by atoms with Gasteiger partial charge in [-0.2, -0.15) is 0 Å². The summed E-state index contributed by atoms with van der Waals surface area (Å²) in [6, 6.07) is 8.45. The first-order valence-corrected chi connectivity index (χ1v) is 7.56. The van der Waals surface area contributed by atoms with Crippen molar-refractivity contribution in [1.29, 1.82) is 0 Å². The highest BCUT2D eigenvalue weighted by molar-refractivity contribution is 5.75. The van der Waals surface area contributed by atoms with E-state index in [9.17, 15) is 4.79 Å². The monoisotopic (exact) mass is 273 g/mol. The smallest absolute Gasteiger partial charge is 0.222 e. The van der Waals surface area contributed by atoms with E-state index in [1.165, 1.54) is 29.5 Å². The first kappa shape index (κ1) is 16.5. The van der Waals surface area contributed by atoms with Gasteiger partial charge < -0.3 is 4.90 Å². The highest BCUT2D eigenvalue weighted by Crippen LogP contribution is 2.16. The van der Waals surface area contributed by atoms with Gasteiger partial charge in [-0.3, -0.25) is 4.79 Å². The second kappa shape index (κ2) is 8.57. The number of aryl methyl sites for hydroxylation is 1. The number of amides is 1. The second-order valence-corrected chi connectivity index (χ2v) is 5.23. The predicted molar refractivity (Wildman–Crippen MR) is 86.6 cm³/mol. The summed E-state index contributed by atoms with van der Waals surface area (Å²) in [6.45, 7) is 10.3. The minimum Gasteiger partial charge on any atom is -0.343 e. The van der Waals surface area contributed by atoms with Gasteiger partial charge in [-0.05, 0) is 50.3 Å². The zero-order valence-electron chi connectivity index (χ0n) is 13.3. The van der Waals surface area contributed by atoms with Crippen LogP contribution in [0.5, 0.6) is 0 Å². The lowest BCUT2D eigenvalue weighted by molar-refractivity contribution is -0.129. The molecule has 2 rings (SSSR count). The second-order valence-electron chi connectivity index (χ2n) is 5.23. The van der Waals surface area contributed by atoms with Gasteiger partial charge in [0.1, 0.15) is 0 Å². The molecular weight excluding hydrogens is 246 g/mol. The average molecular weight is 273 g/mol. The van der Waals surface area contributed by atoms with Gasteiger partial charge in [-0.1, -0.05) is 37.3 Å². The molecule has 0 radical (unpaired) electrons. The number of hydrogen-bond acceptors (Lipinski definition) is 1. The zero-order chi connectivity index (χ0) is 15.0. The van der Waals surface area contributed by atoms with Crippen molar-refractivity contribution in [1.82, 2.24) is 4.90 Å². The van der Waals surface area contributed by atoms with E-state index < -0.39 is 0 Å². The van der Waals surface area contributed by atoms with Crippen LogP contribution in [0.25, 0.3) is 5.57 Å². The van der Waals surface area contributed by atoms with Gasteiger partial charge in [-0.15, -0.1) is 0 Å². The standard InChI is InChI=1S/C11H14.C7H13NO/c1-4-9(2)11-8-6-5-7-10(11)3;1-2-7(9)8-5-3-4-6-8/h4-8H,1-3H3;2-6H2,1H3/b9-4-;. The van der Waals surface area contributed by atoms with E-state index in [-0.39, 0.29) is 0 Å². The summed E-state index contributed by atoms with van der Waals surface area (Å²) in [5, 5.41) is 0. The molecular formula is C18H27NO. The van der Waals surface area contributed by atoms with Crippen LogP contribution in [0, 0.1) is 6.92 Å². The number of likely N-dealkylation sites (tertiary alicyclic amines) is 1. The number of carbonyl (C=O) groups is 1. The van der Waals surface area contributed by atoms with Crippen molar-refractivity contribution in [3.05, 3.63) is 41.5 Å². The van der Waals surface area contributed by atoms with E-state index in [1.807, 2.05) is 11.8 Å². The molecule has 0 atom stereocenters. The first-order chi connectivity index (χ1) is 9.60. The highest BCUT2D eigenvalue weighted by atomic mass is 16.2. The fourth-order valence-electron chi connectivity index (χ4n) is 2.36. The van der Waals surface area contributed by atoms with E-state index in [4.69, 9.17) is 0 Å². The summed E-state index contributed by atoms with van der Waals surface area (Å²) in [4.78, 5) is 12.9. The van der Waals surface area contributed by atoms with Crippen molar-refractivity contribution in [3.63, 3.8) is 0 Å². The topological polar surface area (TPSA) is 20.3 Å². The van der Waals surface area contributed by atoms with Gasteiger partial charge in [-0.25, -0.2) is 0 Å². The molecule has 0 saturated carbocycles. The third kappa shape index (κ3) is 4.84. The van der Waals surface area contributed by atoms with Crippen LogP contribution in [0.3, 0.4) is 0 Å². The largest absolute Gasteiger partial charge is 0.343 e. The van der Waals surface area contributed by atoms with Crippen LogP contribution < -0.4 is 0 Å². The molecule has 1 aliphatic rings. The van der Waals surface area contributed by atoms with Crippen molar-refractivity contribution in [2.75, 3.05) is 13.1 Å². The van der Waals surface area contributed by atoms with Crippen LogP contribution in [0.4, 0.5) is 0 Å². The van der Waals surface area contributed by atoms with E-state index in [0.717, 1.165) is 13.1 Å². The van der Waals surface area contributed by atoms with Gasteiger partial charge in [0.2, 0.25) is 5.91 Å².